The van der Waals surface area contributed by atoms with Gasteiger partial charge in [0.15, 0.2) is 0 Å². The number of phenols is 2. The lowest BCUT2D eigenvalue weighted by atomic mass is 9.84. The molecule has 0 spiro atoms. The van der Waals surface area contributed by atoms with Crippen LogP contribution in [0.15, 0.2) is 58.5 Å². The molecule has 0 atom stereocenters. The highest BCUT2D eigenvalue weighted by atomic mass is 16.3. The summed E-state index contributed by atoms with van der Waals surface area (Å²) in [5.74, 6) is 0.459. The molecule has 6 nitrogen and oxygen atoms in total. The van der Waals surface area contributed by atoms with E-state index in [1.165, 1.54) is 0 Å². The minimum atomic E-state index is -0.226. The van der Waals surface area contributed by atoms with Gasteiger partial charge in [-0.05, 0) is 47.2 Å². The number of nitrogens with zero attached hydrogens (tertiary/aromatic N) is 4. The average molecular weight is 515 g/mol. The average Bonchev–Trinajstić information content (AvgIpc) is 2.81. The molecule has 0 amide bonds. The van der Waals surface area contributed by atoms with Gasteiger partial charge in [-0.2, -0.15) is 0 Å². The highest BCUT2D eigenvalue weighted by Crippen LogP contribution is 2.38. The number of phenolic OH excluding ortho intramolecular Hbond substituents is 2. The molecule has 202 valence electrons. The van der Waals surface area contributed by atoms with Crippen LogP contribution in [0.25, 0.3) is 0 Å². The van der Waals surface area contributed by atoms with E-state index in [1.807, 2.05) is 86.5 Å². The number of aromatic hydroxyl groups is 2. The molecule has 0 aliphatic rings. The van der Waals surface area contributed by atoms with Crippen molar-refractivity contribution >= 4 is 35.2 Å². The minimum Gasteiger partial charge on any atom is -0.507 e. The summed E-state index contributed by atoms with van der Waals surface area (Å²) in [5.41, 5.74) is 5.87. The third kappa shape index (κ3) is 6.55. The van der Waals surface area contributed by atoms with Gasteiger partial charge in [0.25, 0.3) is 0 Å². The highest BCUT2D eigenvalue weighted by Gasteiger charge is 2.22. The summed E-state index contributed by atoms with van der Waals surface area (Å²) in [6.45, 7) is 12.5. The third-order valence-electron chi connectivity index (χ3n) is 6.46. The van der Waals surface area contributed by atoms with Crippen LogP contribution in [0.1, 0.15) is 63.8 Å². The Morgan fingerprint density at radius 2 is 0.947 bits per heavy atom. The zero-order chi connectivity index (χ0) is 28.4. The van der Waals surface area contributed by atoms with E-state index in [0.717, 1.165) is 22.5 Å². The molecule has 0 aliphatic carbocycles. The summed E-state index contributed by atoms with van der Waals surface area (Å²) in [7, 11) is 7.93. The van der Waals surface area contributed by atoms with Crippen molar-refractivity contribution in [3.05, 3.63) is 70.8 Å². The van der Waals surface area contributed by atoms with Crippen molar-refractivity contribution in [2.75, 3.05) is 38.0 Å². The number of rotatable bonds is 6. The van der Waals surface area contributed by atoms with Crippen molar-refractivity contribution in [1.29, 1.82) is 0 Å². The standard InChI is InChI=1S/C32H42N4O2/c1-31(2,3)25-17-23(35(7)8)15-21(29(25)37)19-33-27-13-11-12-14-28(27)34-20-22-16-24(36(9)10)18-26(30(22)38)32(4,5)6/h11-20,37-38H,1-10H3. The molecule has 0 aliphatic heterocycles. The Hall–Kier alpha value is -3.80. The molecule has 3 aromatic rings. The third-order valence-corrected chi connectivity index (χ3v) is 6.46. The fraction of sp³-hybridized carbons (Fsp3) is 0.375. The number of para-hydroxylation sites is 2. The van der Waals surface area contributed by atoms with Crippen LogP contribution in [-0.4, -0.2) is 50.8 Å². The minimum absolute atomic E-state index is 0.226. The van der Waals surface area contributed by atoms with E-state index in [1.54, 1.807) is 12.4 Å². The lowest BCUT2D eigenvalue weighted by Gasteiger charge is -2.24. The van der Waals surface area contributed by atoms with Gasteiger partial charge in [-0.1, -0.05) is 53.7 Å². The molecule has 0 heterocycles. The van der Waals surface area contributed by atoms with Crippen molar-refractivity contribution in [2.45, 2.75) is 52.4 Å². The van der Waals surface area contributed by atoms with E-state index in [0.29, 0.717) is 22.5 Å². The Labute approximate surface area is 228 Å². The Kier molecular flexibility index (Phi) is 8.25. The van der Waals surface area contributed by atoms with Crippen LogP contribution < -0.4 is 9.80 Å². The highest BCUT2D eigenvalue weighted by molar-refractivity contribution is 5.91. The maximum absolute atomic E-state index is 11.1. The molecule has 0 radical (unpaired) electrons. The lowest BCUT2D eigenvalue weighted by Crippen LogP contribution is -2.15. The Bertz CT molecular complexity index is 1250. The van der Waals surface area contributed by atoms with Gasteiger partial charge in [-0.25, -0.2) is 0 Å². The predicted octanol–water partition coefficient (Wildman–Crippen LogP) is 7.33. The van der Waals surface area contributed by atoms with E-state index in [4.69, 9.17) is 9.98 Å². The van der Waals surface area contributed by atoms with Crippen molar-refractivity contribution in [3.8, 4) is 11.5 Å². The number of aliphatic imine (C=N–C) groups is 2. The van der Waals surface area contributed by atoms with Crippen LogP contribution in [0.4, 0.5) is 22.7 Å². The van der Waals surface area contributed by atoms with Gasteiger partial charge < -0.3 is 20.0 Å². The summed E-state index contributed by atoms with van der Waals surface area (Å²) in [6.07, 6.45) is 3.38. The zero-order valence-corrected chi connectivity index (χ0v) is 24.5. The number of benzene rings is 3. The summed E-state index contributed by atoms with van der Waals surface area (Å²) < 4.78 is 0. The summed E-state index contributed by atoms with van der Waals surface area (Å²) in [5, 5.41) is 22.1. The fourth-order valence-electron chi connectivity index (χ4n) is 4.10. The van der Waals surface area contributed by atoms with E-state index in [-0.39, 0.29) is 22.3 Å². The van der Waals surface area contributed by atoms with Gasteiger partial charge in [0.2, 0.25) is 0 Å². The molecule has 2 N–H and O–H groups in total. The Balaban J connectivity index is 2.06. The molecular weight excluding hydrogens is 472 g/mol. The second kappa shape index (κ2) is 10.9. The summed E-state index contributed by atoms with van der Waals surface area (Å²) in [6, 6.07) is 15.5. The molecule has 3 aromatic carbocycles. The van der Waals surface area contributed by atoms with Crippen LogP contribution in [-0.2, 0) is 10.8 Å². The molecule has 0 unspecified atom stereocenters. The maximum Gasteiger partial charge on any atom is 0.128 e. The van der Waals surface area contributed by atoms with Gasteiger partial charge in [0, 0.05) is 74.2 Å². The van der Waals surface area contributed by atoms with Crippen LogP contribution in [0.3, 0.4) is 0 Å². The first-order valence-electron chi connectivity index (χ1n) is 12.9. The molecule has 38 heavy (non-hydrogen) atoms. The van der Waals surface area contributed by atoms with Gasteiger partial charge in [0.1, 0.15) is 11.5 Å². The quantitative estimate of drug-likeness (QED) is 0.338. The SMILES string of the molecule is CN(C)c1cc(C=Nc2ccccc2N=Cc2cc(N(C)C)cc(C(C)(C)C)c2O)c(O)c(C(C)(C)C)c1. The molecule has 0 aromatic heterocycles. The van der Waals surface area contributed by atoms with Gasteiger partial charge in [-0.15, -0.1) is 0 Å². The predicted molar refractivity (Wildman–Crippen MR) is 163 cm³/mol. The summed E-state index contributed by atoms with van der Waals surface area (Å²) >= 11 is 0. The van der Waals surface area contributed by atoms with Crippen molar-refractivity contribution in [2.24, 2.45) is 9.98 Å². The molecule has 0 saturated carbocycles. The van der Waals surface area contributed by atoms with Gasteiger partial charge >= 0.3 is 0 Å². The van der Waals surface area contributed by atoms with Crippen molar-refractivity contribution < 1.29 is 10.2 Å². The molecular formula is C32H42N4O2. The second-order valence-electron chi connectivity index (χ2n) is 12.2. The molecule has 0 saturated heterocycles. The van der Waals surface area contributed by atoms with E-state index in [9.17, 15) is 10.2 Å². The topological polar surface area (TPSA) is 71.7 Å². The van der Waals surface area contributed by atoms with Crippen LogP contribution in [0, 0.1) is 0 Å². The van der Waals surface area contributed by atoms with Crippen LogP contribution in [0.5, 0.6) is 11.5 Å². The normalized spacial score (nSPS) is 12.5. The fourth-order valence-corrected chi connectivity index (χ4v) is 4.10. The molecule has 0 bridgehead atoms. The smallest absolute Gasteiger partial charge is 0.128 e. The van der Waals surface area contributed by atoms with E-state index >= 15 is 0 Å². The van der Waals surface area contributed by atoms with E-state index < -0.39 is 0 Å². The van der Waals surface area contributed by atoms with Gasteiger partial charge in [0.05, 0.1) is 11.4 Å². The molecule has 0 fully saturated rings. The van der Waals surface area contributed by atoms with Crippen LogP contribution in [0.2, 0.25) is 0 Å². The lowest BCUT2D eigenvalue weighted by molar-refractivity contribution is 0.445. The second-order valence-corrected chi connectivity index (χ2v) is 12.2. The number of hydrogen-bond donors (Lipinski definition) is 2. The number of anilines is 2. The zero-order valence-electron chi connectivity index (χ0n) is 24.5. The van der Waals surface area contributed by atoms with Crippen molar-refractivity contribution in [3.63, 3.8) is 0 Å². The first-order valence-corrected chi connectivity index (χ1v) is 12.9. The molecule has 6 heteroatoms. The van der Waals surface area contributed by atoms with Crippen molar-refractivity contribution in [1.82, 2.24) is 0 Å². The maximum atomic E-state index is 11.1. The van der Waals surface area contributed by atoms with E-state index in [2.05, 4.69) is 41.5 Å². The summed E-state index contributed by atoms with van der Waals surface area (Å²) in [4.78, 5) is 13.5. The first kappa shape index (κ1) is 28.8. The Morgan fingerprint density at radius 1 is 0.605 bits per heavy atom. The van der Waals surface area contributed by atoms with Crippen LogP contribution >= 0.6 is 0 Å². The van der Waals surface area contributed by atoms with Gasteiger partial charge in [-0.3, -0.25) is 9.98 Å². The first-order chi connectivity index (χ1) is 17.6. The largest absolute Gasteiger partial charge is 0.507 e. The molecule has 3 rings (SSSR count). The number of hydrogen-bond acceptors (Lipinski definition) is 6. The monoisotopic (exact) mass is 514 g/mol. The Morgan fingerprint density at radius 3 is 1.24 bits per heavy atom.